The molecule has 4 rings (SSSR count). The summed E-state index contributed by atoms with van der Waals surface area (Å²) >= 11 is 0. The van der Waals surface area contributed by atoms with Crippen LogP contribution in [0.3, 0.4) is 0 Å². The predicted octanol–water partition coefficient (Wildman–Crippen LogP) is -2.89. The van der Waals surface area contributed by atoms with Gasteiger partial charge in [0.2, 0.25) is 0 Å². The molecule has 27 heteroatoms. The summed E-state index contributed by atoms with van der Waals surface area (Å²) in [7, 11) is 0. The molecule has 1 aromatic heterocycles. The molecular formula is C36H58N2O25. The molecule has 63 heavy (non-hydrogen) atoms. The summed E-state index contributed by atoms with van der Waals surface area (Å²) < 4.78 is 25.7. The average molecular weight is 919 g/mol. The number of aliphatic carboxylic acids is 6. The number of carboxylic acid groups (broad SMARTS) is 6. The summed E-state index contributed by atoms with van der Waals surface area (Å²) in [5.74, 6) is -5.04. The second kappa shape index (κ2) is 33.8. The summed E-state index contributed by atoms with van der Waals surface area (Å²) in [6.07, 6.45) is -10.5. The highest BCUT2D eigenvalue weighted by molar-refractivity contribution is 5.82. The van der Waals surface area contributed by atoms with E-state index in [1.807, 2.05) is 6.92 Å². The van der Waals surface area contributed by atoms with E-state index in [-0.39, 0.29) is 0 Å². The molecule has 0 amide bonds. The number of esters is 1. The molecule has 0 aliphatic carbocycles. The van der Waals surface area contributed by atoms with Crippen molar-refractivity contribution in [2.45, 2.75) is 117 Å². The highest BCUT2D eigenvalue weighted by Crippen LogP contribution is 2.27. The number of aliphatic hydroxyl groups excluding tert-OH is 6. The molecule has 2 aliphatic heterocycles. The highest BCUT2D eigenvalue weighted by atomic mass is 16.7. The number of benzene rings is 1. The molecule has 2 fully saturated rings. The summed E-state index contributed by atoms with van der Waals surface area (Å²) in [6.45, 7) is 8.47. The molecule has 16 N–H and O–H groups in total. The van der Waals surface area contributed by atoms with Crippen molar-refractivity contribution >= 4 is 52.8 Å². The maximum absolute atomic E-state index is 11.2. The van der Waals surface area contributed by atoms with E-state index in [4.69, 9.17) is 99.3 Å². The number of rotatable bonds is 5. The first-order valence-electron chi connectivity index (χ1n) is 17.6. The van der Waals surface area contributed by atoms with E-state index in [1.54, 1.807) is 12.1 Å². The molecule has 10 atom stereocenters. The molecule has 2 aromatic rings. The van der Waals surface area contributed by atoms with Gasteiger partial charge in [0.15, 0.2) is 12.6 Å². The zero-order valence-electron chi connectivity index (χ0n) is 35.3. The summed E-state index contributed by atoms with van der Waals surface area (Å²) in [5, 5.41) is 103. The third-order valence-corrected chi connectivity index (χ3v) is 6.32. The number of aliphatic hydroxyl groups is 6. The smallest absolute Gasteiger partial charge is 0.336 e. The fourth-order valence-corrected chi connectivity index (χ4v) is 4.19. The molecule has 2 aliphatic rings. The Labute approximate surface area is 358 Å². The Morgan fingerprint density at radius 2 is 1.03 bits per heavy atom. The molecule has 27 nitrogen and oxygen atoms in total. The number of ether oxygens (including phenoxy) is 4. The molecule has 0 unspecified atom stereocenters. The Kier molecular flexibility index (Phi) is 34.3. The van der Waals surface area contributed by atoms with E-state index in [9.17, 15) is 35.1 Å². The van der Waals surface area contributed by atoms with Crippen LogP contribution in [0.2, 0.25) is 0 Å². The Morgan fingerprint density at radius 1 is 0.619 bits per heavy atom. The second-order valence-corrected chi connectivity index (χ2v) is 12.3. The van der Waals surface area contributed by atoms with Crippen LogP contribution in [0.25, 0.3) is 11.0 Å². The number of fused-ring (bicyclic) bond motifs is 1. The summed E-state index contributed by atoms with van der Waals surface area (Å²) in [5.41, 5.74) is 12.2. The monoisotopic (exact) mass is 918 g/mol. The van der Waals surface area contributed by atoms with Gasteiger partial charge < -0.3 is 96.1 Å². The van der Waals surface area contributed by atoms with Gasteiger partial charge in [-0.2, -0.15) is 0 Å². The van der Waals surface area contributed by atoms with Crippen LogP contribution in [0.4, 0.5) is 0 Å². The molecule has 362 valence electrons. The van der Waals surface area contributed by atoms with E-state index in [2.05, 4.69) is 0 Å². The lowest BCUT2D eigenvalue weighted by Crippen LogP contribution is -2.67. The lowest BCUT2D eigenvalue weighted by molar-refractivity contribution is -0.324. The van der Waals surface area contributed by atoms with Crippen molar-refractivity contribution in [2.75, 3.05) is 13.2 Å². The van der Waals surface area contributed by atoms with Gasteiger partial charge in [-0.05, 0) is 24.6 Å². The molecule has 2 saturated heterocycles. The second-order valence-electron chi connectivity index (χ2n) is 12.3. The summed E-state index contributed by atoms with van der Waals surface area (Å²) in [6, 6.07) is 4.01. The molecule has 0 saturated carbocycles. The minimum Gasteiger partial charge on any atom is -0.481 e. The molecule has 3 heterocycles. The van der Waals surface area contributed by atoms with Crippen molar-refractivity contribution in [3.63, 3.8) is 0 Å². The fraction of sp³-hybridized carbons (Fsp3) is 0.556. The number of carbonyl (C=O) groups excluding carboxylic acids is 1. The van der Waals surface area contributed by atoms with Gasteiger partial charge in [0.1, 0.15) is 48.0 Å². The molecule has 0 radical (unpaired) electrons. The van der Waals surface area contributed by atoms with Crippen molar-refractivity contribution in [2.24, 2.45) is 11.5 Å². The maximum Gasteiger partial charge on any atom is 0.336 e. The van der Waals surface area contributed by atoms with Crippen molar-refractivity contribution in [3.05, 3.63) is 40.2 Å². The van der Waals surface area contributed by atoms with Crippen LogP contribution in [-0.2, 0) is 47.8 Å². The first-order valence-corrected chi connectivity index (χ1v) is 17.6. The van der Waals surface area contributed by atoms with Crippen molar-refractivity contribution in [1.82, 2.24) is 0 Å². The van der Waals surface area contributed by atoms with Crippen LogP contribution in [0.15, 0.2) is 33.5 Å². The zero-order chi connectivity index (χ0) is 50.5. The minimum absolute atomic E-state index is 0.369. The third kappa shape index (κ3) is 32.6. The maximum atomic E-state index is 11.2. The average Bonchev–Trinajstić information content (AvgIpc) is 3.10. The van der Waals surface area contributed by atoms with Gasteiger partial charge in [-0.25, -0.2) is 4.79 Å². The third-order valence-electron chi connectivity index (χ3n) is 6.32. The van der Waals surface area contributed by atoms with Crippen molar-refractivity contribution in [3.8, 4) is 5.75 Å². The van der Waals surface area contributed by atoms with Gasteiger partial charge in [-0.3, -0.25) is 33.6 Å². The van der Waals surface area contributed by atoms with Crippen molar-refractivity contribution in [1.29, 1.82) is 0 Å². The largest absolute Gasteiger partial charge is 0.481 e. The lowest BCUT2D eigenvalue weighted by atomic mass is 9.95. The van der Waals surface area contributed by atoms with Gasteiger partial charge in [-0.1, -0.05) is 0 Å². The highest BCUT2D eigenvalue weighted by Gasteiger charge is 2.49. The van der Waals surface area contributed by atoms with Gasteiger partial charge >= 0.3 is 11.6 Å². The van der Waals surface area contributed by atoms with Gasteiger partial charge in [0.05, 0.1) is 25.3 Å². The van der Waals surface area contributed by atoms with E-state index in [0.29, 0.717) is 11.3 Å². The summed E-state index contributed by atoms with van der Waals surface area (Å²) in [4.78, 5) is 75.9. The Hall–Kier alpha value is -5.72. The molecular weight excluding hydrogens is 860 g/mol. The minimum atomic E-state index is -1.49. The van der Waals surface area contributed by atoms with Crippen LogP contribution in [0, 0.1) is 6.92 Å². The first kappa shape index (κ1) is 63.9. The van der Waals surface area contributed by atoms with E-state index < -0.39 is 122 Å². The quantitative estimate of drug-likeness (QED) is 0.0813. The number of aryl methyl sites for hydroxylation is 1. The van der Waals surface area contributed by atoms with Crippen LogP contribution in [-0.4, -0.2) is 178 Å². The van der Waals surface area contributed by atoms with E-state index in [1.165, 1.54) is 19.1 Å². The number of hydrogen-bond acceptors (Lipinski definition) is 21. The number of hydrogen-bond donors (Lipinski definition) is 14. The van der Waals surface area contributed by atoms with Gasteiger partial charge in [-0.15, -0.1) is 0 Å². The van der Waals surface area contributed by atoms with Crippen LogP contribution >= 0.6 is 0 Å². The predicted molar refractivity (Wildman–Crippen MR) is 211 cm³/mol. The zero-order valence-corrected chi connectivity index (χ0v) is 35.3. The van der Waals surface area contributed by atoms with Crippen LogP contribution in [0.1, 0.15) is 54.0 Å². The SMILES string of the molecule is CC(=O)O.CC(=O)O.CC(=O)O.CC(=O)O.CC(=O)O.CC(=O)O.CC(=O)Oc1ccc2c(C)cc(=O)oc2c1.N[C@@H]1[C@@H](O)[C@H](O[C@@H]2O[C@H](CO)[C@@H](O)[C@H](O)[C@H]2N)[C@@H](CO)O[C@H]1O. The number of carboxylic acids is 6. The van der Waals surface area contributed by atoms with Gasteiger partial charge in [0, 0.05) is 66.0 Å². The Bertz CT molecular complexity index is 1650. The van der Waals surface area contributed by atoms with E-state index >= 15 is 0 Å². The molecule has 1 aromatic carbocycles. The van der Waals surface area contributed by atoms with Crippen LogP contribution < -0.4 is 21.8 Å². The standard InChI is InChI=1S/C12H24N2O9.C12H10O4.6C2H4O2/c13-5-9(19)10(4(2-16)21-11(5)20)23-12-6(14)8(18)7(17)3(1-15)22-12;1-7-5-12(14)16-11-6-9(15-8(2)13)3-4-10(7)11;6*1-2(3)4/h3-12,15-20H,1-2,13-14H2;3-6H,1-2H3;6*1H3,(H,3,4)/t3-,4-,5-,6-,7-,8-,9-,10-,11-,12+;;;;;;;/m1......./s1. The van der Waals surface area contributed by atoms with E-state index in [0.717, 1.165) is 52.5 Å². The molecule has 0 spiro atoms. The Balaban J connectivity index is -0.000000374. The normalized spacial score (nSPS) is 23.9. The topological polar surface area (TPSA) is 481 Å². The number of nitrogens with two attached hydrogens (primary N) is 2. The Morgan fingerprint density at radius 3 is 1.41 bits per heavy atom. The van der Waals surface area contributed by atoms with Crippen molar-refractivity contribution < 1.29 is 118 Å². The molecule has 0 bridgehead atoms. The first-order chi connectivity index (χ1) is 28.8. The van der Waals surface area contributed by atoms with Gasteiger partial charge in [0.25, 0.3) is 35.8 Å². The van der Waals surface area contributed by atoms with Crippen LogP contribution in [0.5, 0.6) is 5.75 Å². The lowest BCUT2D eigenvalue weighted by Gasteiger charge is -2.45. The number of carbonyl (C=O) groups is 7. The fourth-order valence-electron chi connectivity index (χ4n) is 4.19.